The molecule has 0 aliphatic rings. The lowest BCUT2D eigenvalue weighted by atomic mass is 10.3. The van der Waals surface area contributed by atoms with E-state index in [1.807, 2.05) is 13.8 Å². The van der Waals surface area contributed by atoms with Crippen LogP contribution in [0, 0.1) is 0 Å². The Balaban J connectivity index is 2.90. The van der Waals surface area contributed by atoms with Crippen LogP contribution in [0.3, 0.4) is 0 Å². The highest BCUT2D eigenvalue weighted by Gasteiger charge is 2.31. The van der Waals surface area contributed by atoms with E-state index in [4.69, 9.17) is 0 Å². The zero-order chi connectivity index (χ0) is 10.8. The number of rotatable bonds is 2. The summed E-state index contributed by atoms with van der Waals surface area (Å²) in [7, 11) is 0. The monoisotopic (exact) mass is 205 g/mol. The SMILES string of the molecule is CC(C)Nc1cc(C(F)(F)F)cnn1. The smallest absolute Gasteiger partial charge is 0.366 e. The molecule has 0 fully saturated rings. The van der Waals surface area contributed by atoms with Crippen LogP contribution in [-0.2, 0) is 6.18 Å². The van der Waals surface area contributed by atoms with Crippen LogP contribution in [0.2, 0.25) is 0 Å². The minimum atomic E-state index is -4.37. The summed E-state index contributed by atoms with van der Waals surface area (Å²) >= 11 is 0. The molecule has 0 unspecified atom stereocenters. The van der Waals surface area contributed by atoms with Gasteiger partial charge >= 0.3 is 6.18 Å². The molecule has 0 aliphatic heterocycles. The molecule has 0 aromatic carbocycles. The lowest BCUT2D eigenvalue weighted by molar-refractivity contribution is -0.137. The van der Waals surface area contributed by atoms with Gasteiger partial charge in [-0.05, 0) is 19.9 Å². The van der Waals surface area contributed by atoms with E-state index in [1.165, 1.54) is 0 Å². The van der Waals surface area contributed by atoms with E-state index in [2.05, 4.69) is 15.5 Å². The fourth-order valence-electron chi connectivity index (χ4n) is 0.888. The van der Waals surface area contributed by atoms with Crippen LogP contribution in [0.4, 0.5) is 19.0 Å². The van der Waals surface area contributed by atoms with Gasteiger partial charge in [-0.2, -0.15) is 18.3 Å². The van der Waals surface area contributed by atoms with Crippen molar-refractivity contribution in [3.8, 4) is 0 Å². The van der Waals surface area contributed by atoms with E-state index in [0.29, 0.717) is 6.20 Å². The zero-order valence-electron chi connectivity index (χ0n) is 7.76. The van der Waals surface area contributed by atoms with Gasteiger partial charge in [0.1, 0.15) is 5.82 Å². The molecule has 1 aromatic rings. The summed E-state index contributed by atoms with van der Waals surface area (Å²) in [6.07, 6.45) is -3.67. The second kappa shape index (κ2) is 3.81. The first-order valence-corrected chi connectivity index (χ1v) is 4.06. The number of alkyl halides is 3. The molecular weight excluding hydrogens is 195 g/mol. The first-order chi connectivity index (χ1) is 6.39. The highest BCUT2D eigenvalue weighted by Crippen LogP contribution is 2.29. The molecule has 1 aromatic heterocycles. The summed E-state index contributed by atoms with van der Waals surface area (Å²) in [4.78, 5) is 0. The third kappa shape index (κ3) is 2.86. The molecule has 0 radical (unpaired) electrons. The van der Waals surface area contributed by atoms with Gasteiger partial charge in [-0.3, -0.25) is 0 Å². The van der Waals surface area contributed by atoms with E-state index < -0.39 is 11.7 Å². The molecule has 78 valence electrons. The van der Waals surface area contributed by atoms with Crippen molar-refractivity contribution in [2.75, 3.05) is 5.32 Å². The number of hydrogen-bond donors (Lipinski definition) is 1. The van der Waals surface area contributed by atoms with Crippen molar-refractivity contribution in [3.05, 3.63) is 17.8 Å². The van der Waals surface area contributed by atoms with Gasteiger partial charge in [0.2, 0.25) is 0 Å². The van der Waals surface area contributed by atoms with Crippen molar-refractivity contribution in [2.24, 2.45) is 0 Å². The summed E-state index contributed by atoms with van der Waals surface area (Å²) in [5, 5.41) is 9.55. The van der Waals surface area contributed by atoms with E-state index >= 15 is 0 Å². The van der Waals surface area contributed by atoms with Crippen molar-refractivity contribution in [1.29, 1.82) is 0 Å². The Bertz CT molecular complexity index is 309. The van der Waals surface area contributed by atoms with Gasteiger partial charge in [0, 0.05) is 6.04 Å². The zero-order valence-corrected chi connectivity index (χ0v) is 7.76. The average Bonchev–Trinajstić information content (AvgIpc) is 2.01. The summed E-state index contributed by atoms with van der Waals surface area (Å²) in [5.41, 5.74) is -0.796. The van der Waals surface area contributed by atoms with Gasteiger partial charge in [0.15, 0.2) is 0 Å². The van der Waals surface area contributed by atoms with Crippen LogP contribution in [0.5, 0.6) is 0 Å². The third-order valence-corrected chi connectivity index (χ3v) is 1.42. The predicted molar refractivity (Wildman–Crippen MR) is 45.8 cm³/mol. The average molecular weight is 205 g/mol. The van der Waals surface area contributed by atoms with Gasteiger partial charge in [0.25, 0.3) is 0 Å². The Morgan fingerprint density at radius 1 is 1.36 bits per heavy atom. The predicted octanol–water partition coefficient (Wildman–Crippen LogP) is 2.32. The normalized spacial score (nSPS) is 11.9. The minimum absolute atomic E-state index is 0.0211. The Labute approximate surface area is 79.3 Å². The maximum absolute atomic E-state index is 12.2. The molecule has 0 atom stereocenters. The van der Waals surface area contributed by atoms with Crippen LogP contribution in [0.25, 0.3) is 0 Å². The number of aromatic nitrogens is 2. The molecule has 0 bridgehead atoms. The van der Waals surface area contributed by atoms with Crippen LogP contribution >= 0.6 is 0 Å². The van der Waals surface area contributed by atoms with Crippen LogP contribution < -0.4 is 5.32 Å². The van der Waals surface area contributed by atoms with Crippen molar-refractivity contribution < 1.29 is 13.2 Å². The quantitative estimate of drug-likeness (QED) is 0.805. The second-order valence-corrected chi connectivity index (χ2v) is 3.13. The standard InChI is InChI=1S/C8H10F3N3/c1-5(2)13-7-3-6(4-12-14-7)8(9,10)11/h3-5H,1-2H3,(H,13,14). The summed E-state index contributed by atoms with van der Waals surface area (Å²) in [6, 6.07) is 0.959. The number of anilines is 1. The molecule has 0 amide bonds. The molecule has 0 aliphatic carbocycles. The molecule has 3 nitrogen and oxygen atoms in total. The fraction of sp³-hybridized carbons (Fsp3) is 0.500. The first-order valence-electron chi connectivity index (χ1n) is 4.06. The summed E-state index contributed by atoms with van der Waals surface area (Å²) in [5.74, 6) is 0.134. The van der Waals surface area contributed by atoms with Crippen molar-refractivity contribution in [3.63, 3.8) is 0 Å². The molecule has 1 N–H and O–H groups in total. The van der Waals surface area contributed by atoms with Crippen LogP contribution in [0.1, 0.15) is 19.4 Å². The van der Waals surface area contributed by atoms with Crippen molar-refractivity contribution in [2.45, 2.75) is 26.1 Å². The number of nitrogens with one attached hydrogen (secondary N) is 1. The van der Waals surface area contributed by atoms with Crippen molar-refractivity contribution >= 4 is 5.82 Å². The highest BCUT2D eigenvalue weighted by atomic mass is 19.4. The largest absolute Gasteiger partial charge is 0.418 e. The Morgan fingerprint density at radius 2 is 2.00 bits per heavy atom. The van der Waals surface area contributed by atoms with E-state index in [0.717, 1.165) is 6.07 Å². The molecule has 0 saturated heterocycles. The fourth-order valence-corrected chi connectivity index (χ4v) is 0.888. The molecule has 1 rings (SSSR count). The maximum atomic E-state index is 12.2. The maximum Gasteiger partial charge on any atom is 0.418 e. The molecule has 0 saturated carbocycles. The van der Waals surface area contributed by atoms with Gasteiger partial charge in [-0.25, -0.2) is 0 Å². The number of nitrogens with zero attached hydrogens (tertiary/aromatic N) is 2. The lowest BCUT2D eigenvalue weighted by Gasteiger charge is -2.10. The van der Waals surface area contributed by atoms with Gasteiger partial charge in [-0.15, -0.1) is 5.10 Å². The van der Waals surface area contributed by atoms with Crippen LogP contribution in [0.15, 0.2) is 12.3 Å². The molecular formula is C8H10F3N3. The first kappa shape index (κ1) is 10.7. The lowest BCUT2D eigenvalue weighted by Crippen LogP contribution is -2.13. The van der Waals surface area contributed by atoms with Crippen LogP contribution in [-0.4, -0.2) is 16.2 Å². The third-order valence-electron chi connectivity index (χ3n) is 1.42. The van der Waals surface area contributed by atoms with Gasteiger partial charge in [-0.1, -0.05) is 0 Å². The second-order valence-electron chi connectivity index (χ2n) is 3.13. The Kier molecular flexibility index (Phi) is 2.93. The molecule has 0 spiro atoms. The molecule has 14 heavy (non-hydrogen) atoms. The van der Waals surface area contributed by atoms with Gasteiger partial charge < -0.3 is 5.32 Å². The van der Waals surface area contributed by atoms with E-state index in [9.17, 15) is 13.2 Å². The molecule has 1 heterocycles. The topological polar surface area (TPSA) is 37.8 Å². The van der Waals surface area contributed by atoms with E-state index in [-0.39, 0.29) is 11.9 Å². The number of halogens is 3. The summed E-state index contributed by atoms with van der Waals surface area (Å²) < 4.78 is 36.6. The minimum Gasteiger partial charge on any atom is -0.366 e. The van der Waals surface area contributed by atoms with Gasteiger partial charge in [0.05, 0.1) is 11.8 Å². The van der Waals surface area contributed by atoms with Crippen molar-refractivity contribution in [1.82, 2.24) is 10.2 Å². The summed E-state index contributed by atoms with van der Waals surface area (Å²) in [6.45, 7) is 3.61. The highest BCUT2D eigenvalue weighted by molar-refractivity contribution is 5.37. The van der Waals surface area contributed by atoms with E-state index in [1.54, 1.807) is 0 Å². The number of hydrogen-bond acceptors (Lipinski definition) is 3. The molecule has 6 heteroatoms. The Morgan fingerprint density at radius 3 is 2.50 bits per heavy atom. The Hall–Kier alpha value is -1.33.